The van der Waals surface area contributed by atoms with Crippen LogP contribution in [-0.4, -0.2) is 63.1 Å². The van der Waals surface area contributed by atoms with Crippen molar-refractivity contribution < 1.29 is 9.90 Å². The zero-order chi connectivity index (χ0) is 21.2. The first-order chi connectivity index (χ1) is 15.2. The minimum absolute atomic E-state index is 0.0376. The Bertz CT molecular complexity index is 1070. The second kappa shape index (κ2) is 8.81. The first-order valence-corrected chi connectivity index (χ1v) is 11.4. The monoisotopic (exact) mass is 418 g/mol. The summed E-state index contributed by atoms with van der Waals surface area (Å²) in [6.45, 7) is 3.75. The number of hydrogen-bond acceptors (Lipinski definition) is 4. The summed E-state index contributed by atoms with van der Waals surface area (Å²) in [5.41, 5.74) is 4.63. The number of aliphatic hydroxyl groups excluding tert-OH is 1. The molecule has 1 aromatic carbocycles. The predicted octanol–water partition coefficient (Wildman–Crippen LogP) is 3.81. The van der Waals surface area contributed by atoms with Crippen molar-refractivity contribution in [2.75, 3.05) is 26.2 Å². The van der Waals surface area contributed by atoms with E-state index in [1.54, 1.807) is 0 Å². The molecule has 2 fully saturated rings. The molecule has 0 unspecified atom stereocenters. The third kappa shape index (κ3) is 4.23. The normalized spacial score (nSPS) is 19.9. The number of carbonyl (C=O) groups excluding carboxylic acids is 1. The largest absolute Gasteiger partial charge is 0.395 e. The van der Waals surface area contributed by atoms with E-state index in [-0.39, 0.29) is 18.6 Å². The standard InChI is InChI=1S/C25H30N4O2/c30-17-21-6-5-13-29(21)16-20-15-19-14-18(9-10-23(19)26-20)22-7-4-8-24(27-22)25(31)28-11-2-1-3-12-28/h4,7-10,14-15,21,26,30H,1-3,5-6,11-13,16-17H2/t21-/m1/s1. The number of pyridine rings is 1. The van der Waals surface area contributed by atoms with E-state index in [1.807, 2.05) is 23.1 Å². The predicted molar refractivity (Wildman–Crippen MR) is 122 cm³/mol. The molecule has 2 saturated heterocycles. The molecule has 162 valence electrons. The molecule has 2 aliphatic heterocycles. The maximum atomic E-state index is 12.9. The quantitative estimate of drug-likeness (QED) is 0.661. The molecule has 0 spiro atoms. The summed E-state index contributed by atoms with van der Waals surface area (Å²) in [7, 11) is 0. The maximum absolute atomic E-state index is 12.9. The van der Waals surface area contributed by atoms with Crippen LogP contribution in [0.15, 0.2) is 42.5 Å². The van der Waals surface area contributed by atoms with Gasteiger partial charge in [0, 0.05) is 47.8 Å². The molecule has 0 radical (unpaired) electrons. The lowest BCUT2D eigenvalue weighted by Crippen LogP contribution is -2.36. The van der Waals surface area contributed by atoms with E-state index in [1.165, 1.54) is 6.42 Å². The van der Waals surface area contributed by atoms with Crippen molar-refractivity contribution in [2.45, 2.75) is 44.7 Å². The van der Waals surface area contributed by atoms with Gasteiger partial charge in [-0.1, -0.05) is 12.1 Å². The lowest BCUT2D eigenvalue weighted by atomic mass is 10.1. The van der Waals surface area contributed by atoms with Gasteiger partial charge in [0.1, 0.15) is 5.69 Å². The number of nitrogens with zero attached hydrogens (tertiary/aromatic N) is 3. The first kappa shape index (κ1) is 20.2. The number of aromatic amines is 1. The molecular weight excluding hydrogens is 388 g/mol. The van der Waals surface area contributed by atoms with Crippen LogP contribution in [0.5, 0.6) is 0 Å². The number of hydrogen-bond donors (Lipinski definition) is 2. The lowest BCUT2D eigenvalue weighted by molar-refractivity contribution is 0.0718. The summed E-state index contributed by atoms with van der Waals surface area (Å²) in [5, 5.41) is 10.7. The van der Waals surface area contributed by atoms with Crippen molar-refractivity contribution in [3.63, 3.8) is 0 Å². The zero-order valence-electron chi connectivity index (χ0n) is 17.9. The summed E-state index contributed by atoms with van der Waals surface area (Å²) in [5.74, 6) is 0.0376. The molecule has 1 amide bonds. The van der Waals surface area contributed by atoms with Gasteiger partial charge in [-0.15, -0.1) is 0 Å². The van der Waals surface area contributed by atoms with Gasteiger partial charge in [0.05, 0.1) is 12.3 Å². The SMILES string of the molecule is O=C(c1cccc(-c2ccc3[nH]c(CN4CCC[C@@H]4CO)cc3c2)n1)N1CCCCC1. The highest BCUT2D eigenvalue weighted by atomic mass is 16.3. The van der Waals surface area contributed by atoms with Gasteiger partial charge in [-0.25, -0.2) is 4.98 Å². The molecule has 6 nitrogen and oxygen atoms in total. The fourth-order valence-corrected chi connectivity index (χ4v) is 4.94. The number of likely N-dealkylation sites (tertiary alicyclic amines) is 2. The molecule has 31 heavy (non-hydrogen) atoms. The molecule has 4 heterocycles. The Morgan fingerprint density at radius 3 is 2.77 bits per heavy atom. The van der Waals surface area contributed by atoms with Gasteiger partial charge >= 0.3 is 0 Å². The number of nitrogens with one attached hydrogen (secondary N) is 1. The Balaban J connectivity index is 1.37. The topological polar surface area (TPSA) is 72.5 Å². The van der Waals surface area contributed by atoms with Crippen LogP contribution in [-0.2, 0) is 6.54 Å². The van der Waals surface area contributed by atoms with Crippen molar-refractivity contribution in [2.24, 2.45) is 0 Å². The number of piperidine rings is 1. The highest BCUT2D eigenvalue weighted by molar-refractivity contribution is 5.93. The molecule has 2 aromatic heterocycles. The third-order valence-electron chi connectivity index (χ3n) is 6.67. The van der Waals surface area contributed by atoms with E-state index in [0.29, 0.717) is 5.69 Å². The van der Waals surface area contributed by atoms with Gasteiger partial charge in [-0.3, -0.25) is 9.69 Å². The van der Waals surface area contributed by atoms with Gasteiger partial charge in [-0.2, -0.15) is 0 Å². The fraction of sp³-hybridized carbons (Fsp3) is 0.440. The third-order valence-corrected chi connectivity index (χ3v) is 6.67. The van der Waals surface area contributed by atoms with E-state index < -0.39 is 0 Å². The lowest BCUT2D eigenvalue weighted by Gasteiger charge is -2.26. The maximum Gasteiger partial charge on any atom is 0.272 e. The molecule has 2 aliphatic rings. The highest BCUT2D eigenvalue weighted by Crippen LogP contribution is 2.26. The molecule has 5 rings (SSSR count). The van der Waals surface area contributed by atoms with Crippen molar-refractivity contribution in [3.05, 3.63) is 53.9 Å². The van der Waals surface area contributed by atoms with Crippen LogP contribution in [0.3, 0.4) is 0 Å². The molecule has 1 atom stereocenters. The van der Waals surface area contributed by atoms with Crippen LogP contribution in [0.25, 0.3) is 22.2 Å². The van der Waals surface area contributed by atoms with E-state index >= 15 is 0 Å². The summed E-state index contributed by atoms with van der Waals surface area (Å²) < 4.78 is 0. The highest BCUT2D eigenvalue weighted by Gasteiger charge is 2.24. The summed E-state index contributed by atoms with van der Waals surface area (Å²) >= 11 is 0. The molecule has 2 N–H and O–H groups in total. The molecule has 3 aromatic rings. The van der Waals surface area contributed by atoms with Crippen LogP contribution >= 0.6 is 0 Å². The number of aliphatic hydroxyl groups is 1. The fourth-order valence-electron chi connectivity index (χ4n) is 4.94. The number of fused-ring (bicyclic) bond motifs is 1. The molecule has 0 saturated carbocycles. The van der Waals surface area contributed by atoms with Crippen LogP contribution in [0.1, 0.15) is 48.3 Å². The molecule has 6 heteroatoms. The molecular formula is C25H30N4O2. The minimum Gasteiger partial charge on any atom is -0.395 e. The minimum atomic E-state index is 0.0376. The molecule has 0 aliphatic carbocycles. The van der Waals surface area contributed by atoms with E-state index in [0.717, 1.165) is 79.7 Å². The van der Waals surface area contributed by atoms with Crippen molar-refractivity contribution in [1.82, 2.24) is 19.8 Å². The smallest absolute Gasteiger partial charge is 0.272 e. The Kier molecular flexibility index (Phi) is 5.74. The number of aromatic nitrogens is 2. The number of amides is 1. The van der Waals surface area contributed by atoms with E-state index in [4.69, 9.17) is 4.98 Å². The van der Waals surface area contributed by atoms with Crippen molar-refractivity contribution >= 4 is 16.8 Å². The summed E-state index contributed by atoms with van der Waals surface area (Å²) in [6.07, 6.45) is 5.57. The Hall–Kier alpha value is -2.70. The van der Waals surface area contributed by atoms with Gasteiger partial charge < -0.3 is 15.0 Å². The number of H-pyrrole nitrogens is 1. The number of benzene rings is 1. The second-order valence-corrected chi connectivity index (χ2v) is 8.81. The average molecular weight is 419 g/mol. The van der Waals surface area contributed by atoms with Crippen LogP contribution in [0.2, 0.25) is 0 Å². The van der Waals surface area contributed by atoms with Crippen LogP contribution < -0.4 is 0 Å². The Labute approximate surface area is 182 Å². The van der Waals surface area contributed by atoms with E-state index in [9.17, 15) is 9.90 Å². The molecule has 0 bridgehead atoms. The number of rotatable bonds is 5. The second-order valence-electron chi connectivity index (χ2n) is 8.81. The van der Waals surface area contributed by atoms with Gasteiger partial charge in [0.15, 0.2) is 0 Å². The van der Waals surface area contributed by atoms with E-state index in [2.05, 4.69) is 34.1 Å². The summed E-state index contributed by atoms with van der Waals surface area (Å²) in [4.78, 5) is 25.3. The van der Waals surface area contributed by atoms with Crippen LogP contribution in [0.4, 0.5) is 0 Å². The first-order valence-electron chi connectivity index (χ1n) is 11.4. The van der Waals surface area contributed by atoms with Crippen molar-refractivity contribution in [1.29, 1.82) is 0 Å². The van der Waals surface area contributed by atoms with Gasteiger partial charge in [-0.05, 0) is 69.0 Å². The van der Waals surface area contributed by atoms with Crippen molar-refractivity contribution in [3.8, 4) is 11.3 Å². The van der Waals surface area contributed by atoms with Crippen LogP contribution in [0, 0.1) is 0 Å². The Morgan fingerprint density at radius 1 is 1.06 bits per heavy atom. The number of carbonyl (C=O) groups is 1. The van der Waals surface area contributed by atoms with Gasteiger partial charge in [0.2, 0.25) is 0 Å². The average Bonchev–Trinajstić information content (AvgIpc) is 3.44. The zero-order valence-corrected chi connectivity index (χ0v) is 17.9. The van der Waals surface area contributed by atoms with Gasteiger partial charge in [0.25, 0.3) is 5.91 Å². The Morgan fingerprint density at radius 2 is 1.94 bits per heavy atom. The summed E-state index contributed by atoms with van der Waals surface area (Å²) in [6, 6.07) is 14.5.